The van der Waals surface area contributed by atoms with Crippen molar-refractivity contribution in [3.63, 3.8) is 0 Å². The number of nitrogens with zero attached hydrogens (tertiary/aromatic N) is 2. The summed E-state index contributed by atoms with van der Waals surface area (Å²) in [5.41, 5.74) is 3.62. The zero-order chi connectivity index (χ0) is 27.4. The third kappa shape index (κ3) is 6.34. The van der Waals surface area contributed by atoms with Crippen LogP contribution in [0.4, 0.5) is 11.4 Å². The number of aromatic nitrogens is 1. The fourth-order valence-electron chi connectivity index (χ4n) is 5.71. The van der Waals surface area contributed by atoms with Crippen molar-refractivity contribution in [2.24, 2.45) is 5.14 Å². The number of rotatable bonds is 7. The first-order chi connectivity index (χ1) is 18.8. The number of aryl methyl sites for hydroxylation is 1. The lowest BCUT2D eigenvalue weighted by molar-refractivity contribution is 0.00791. The Hall–Kier alpha value is -3.23. The van der Waals surface area contributed by atoms with E-state index in [4.69, 9.17) is 9.88 Å². The monoisotopic (exact) mass is 551 g/mol. The second-order valence-corrected chi connectivity index (χ2v) is 11.8. The van der Waals surface area contributed by atoms with Gasteiger partial charge < -0.3 is 25.0 Å². The van der Waals surface area contributed by atoms with E-state index in [2.05, 4.69) is 63.1 Å². The van der Waals surface area contributed by atoms with Gasteiger partial charge in [-0.2, -0.15) is 0 Å². The van der Waals surface area contributed by atoms with Gasteiger partial charge in [-0.25, -0.2) is 13.6 Å². The van der Waals surface area contributed by atoms with E-state index >= 15 is 0 Å². The van der Waals surface area contributed by atoms with Crippen molar-refractivity contribution >= 4 is 32.3 Å². The topological polar surface area (TPSA) is 122 Å². The van der Waals surface area contributed by atoms with Crippen LogP contribution in [0.25, 0.3) is 10.9 Å². The summed E-state index contributed by atoms with van der Waals surface area (Å²) >= 11 is 0. The first-order valence-corrected chi connectivity index (χ1v) is 15.2. The van der Waals surface area contributed by atoms with Crippen LogP contribution in [0.15, 0.2) is 47.4 Å². The van der Waals surface area contributed by atoms with Gasteiger partial charge in [0.05, 0.1) is 41.6 Å². The molecule has 10 heteroatoms. The van der Waals surface area contributed by atoms with Crippen LogP contribution in [0, 0.1) is 11.8 Å². The zero-order valence-electron chi connectivity index (χ0n) is 22.3. The molecule has 2 aliphatic rings. The Morgan fingerprint density at radius 2 is 1.85 bits per heavy atom. The fourth-order valence-corrected chi connectivity index (χ4v) is 6.25. The molecule has 5 N–H and O–H groups in total. The van der Waals surface area contributed by atoms with Crippen molar-refractivity contribution < 1.29 is 18.3 Å². The van der Waals surface area contributed by atoms with Crippen molar-refractivity contribution in [3.8, 4) is 17.6 Å². The van der Waals surface area contributed by atoms with Crippen LogP contribution < -0.4 is 15.8 Å². The molecule has 3 aromatic rings. The lowest BCUT2D eigenvalue weighted by Gasteiger charge is -2.39. The molecule has 1 aliphatic carbocycles. The maximum Gasteiger partial charge on any atom is 0.238 e. The van der Waals surface area contributed by atoms with Crippen LogP contribution in [0.3, 0.4) is 0 Å². The summed E-state index contributed by atoms with van der Waals surface area (Å²) in [7, 11) is -3.87. The molecule has 0 amide bonds. The molecule has 0 radical (unpaired) electrons. The molecule has 39 heavy (non-hydrogen) atoms. The number of phenols is 1. The van der Waals surface area contributed by atoms with Crippen LogP contribution in [0.5, 0.6) is 5.75 Å². The van der Waals surface area contributed by atoms with Crippen molar-refractivity contribution in [2.75, 3.05) is 43.5 Å². The summed E-state index contributed by atoms with van der Waals surface area (Å²) in [6, 6.07) is 13.6. The van der Waals surface area contributed by atoms with Crippen LogP contribution in [-0.2, 0) is 21.3 Å². The number of hydrogen-bond donors (Lipinski definition) is 4. The molecule has 0 atom stereocenters. The van der Waals surface area contributed by atoms with Crippen molar-refractivity contribution in [2.45, 2.75) is 56.1 Å². The molecule has 0 spiro atoms. The Morgan fingerprint density at radius 3 is 2.54 bits per heavy atom. The molecule has 5 rings (SSSR count). The van der Waals surface area contributed by atoms with Gasteiger partial charge in [0.25, 0.3) is 0 Å². The number of phenolic OH excluding ortho intramolecular Hbond substituents is 1. The summed E-state index contributed by atoms with van der Waals surface area (Å²) in [6.45, 7) is 7.01. The van der Waals surface area contributed by atoms with Gasteiger partial charge in [-0.15, -0.1) is 0 Å². The first kappa shape index (κ1) is 27.3. The number of nitrogens with one attached hydrogen (secondary N) is 2. The number of anilines is 2. The molecule has 2 fully saturated rings. The summed E-state index contributed by atoms with van der Waals surface area (Å²) in [5, 5.41) is 23.3. The van der Waals surface area contributed by atoms with Gasteiger partial charge in [-0.3, -0.25) is 4.90 Å². The Balaban J connectivity index is 1.25. The Morgan fingerprint density at radius 1 is 1.08 bits per heavy atom. The lowest BCUT2D eigenvalue weighted by Crippen LogP contribution is -2.46. The molecular formula is C29H37N5O4S. The second-order valence-electron chi connectivity index (χ2n) is 10.2. The van der Waals surface area contributed by atoms with Crippen LogP contribution in [-0.4, -0.2) is 67.9 Å². The molecule has 1 aliphatic heterocycles. The van der Waals surface area contributed by atoms with Crippen molar-refractivity contribution in [3.05, 3.63) is 48.2 Å². The second kappa shape index (κ2) is 11.9. The summed E-state index contributed by atoms with van der Waals surface area (Å²) in [6.07, 6.45) is 4.76. The van der Waals surface area contributed by atoms with Crippen LogP contribution in [0.2, 0.25) is 0 Å². The fraction of sp³-hybridized carbons (Fsp3) is 0.448. The van der Waals surface area contributed by atoms with Crippen molar-refractivity contribution in [1.29, 1.82) is 0 Å². The number of ether oxygens (including phenoxy) is 1. The molecule has 1 aromatic heterocycles. The number of morpholine rings is 1. The number of nitrogens with two attached hydrogens (primary N) is 1. The van der Waals surface area contributed by atoms with E-state index in [1.54, 1.807) is 0 Å². The van der Waals surface area contributed by atoms with E-state index in [-0.39, 0.29) is 17.2 Å². The average Bonchev–Trinajstić information content (AvgIpc) is 3.30. The highest BCUT2D eigenvalue weighted by molar-refractivity contribution is 7.89. The minimum Gasteiger partial charge on any atom is -0.506 e. The van der Waals surface area contributed by atoms with E-state index < -0.39 is 10.0 Å². The highest BCUT2D eigenvalue weighted by Crippen LogP contribution is 2.31. The molecular weight excluding hydrogens is 514 g/mol. The summed E-state index contributed by atoms with van der Waals surface area (Å²) in [5.74, 6) is 6.19. The molecule has 0 bridgehead atoms. The number of hydrogen-bond acceptors (Lipinski definition) is 7. The third-order valence-corrected chi connectivity index (χ3v) is 8.67. The highest BCUT2D eigenvalue weighted by atomic mass is 32.2. The molecule has 2 heterocycles. The molecule has 208 valence electrons. The minimum absolute atomic E-state index is 0.140. The van der Waals surface area contributed by atoms with E-state index in [0.29, 0.717) is 17.8 Å². The Labute approximate surface area is 230 Å². The van der Waals surface area contributed by atoms with E-state index in [9.17, 15) is 13.5 Å². The van der Waals surface area contributed by atoms with Gasteiger partial charge in [-0.1, -0.05) is 12.0 Å². The van der Waals surface area contributed by atoms with Gasteiger partial charge in [0.15, 0.2) is 0 Å². The van der Waals surface area contributed by atoms with Gasteiger partial charge in [0.1, 0.15) is 5.75 Å². The predicted octanol–water partition coefficient (Wildman–Crippen LogP) is 3.53. The molecule has 0 unspecified atom stereocenters. The quantitative estimate of drug-likeness (QED) is 0.262. The number of benzene rings is 2. The summed E-state index contributed by atoms with van der Waals surface area (Å²) in [4.78, 5) is 2.46. The first-order valence-electron chi connectivity index (χ1n) is 13.6. The summed E-state index contributed by atoms with van der Waals surface area (Å²) < 4.78 is 30.7. The molecule has 1 saturated carbocycles. The number of aromatic hydroxyl groups is 1. The van der Waals surface area contributed by atoms with Gasteiger partial charge in [-0.05, 0) is 68.9 Å². The maximum atomic E-state index is 11.5. The molecule has 1 saturated heterocycles. The smallest absolute Gasteiger partial charge is 0.238 e. The largest absolute Gasteiger partial charge is 0.506 e. The third-order valence-electron chi connectivity index (χ3n) is 7.76. The van der Waals surface area contributed by atoms with Gasteiger partial charge >= 0.3 is 0 Å². The van der Waals surface area contributed by atoms with Crippen molar-refractivity contribution in [1.82, 2.24) is 9.47 Å². The molecule has 9 nitrogen and oxygen atoms in total. The SMILES string of the molecule is CCn1c(C#CCNc2ccc(S(N)(=O)=O)cc2O)cc2c(NC3CCC(N4CCOCC4)CC3)cccc21. The van der Waals surface area contributed by atoms with E-state index in [1.165, 1.54) is 30.4 Å². The van der Waals surface area contributed by atoms with Gasteiger partial charge in [0, 0.05) is 48.9 Å². The zero-order valence-corrected chi connectivity index (χ0v) is 23.1. The number of fused-ring (bicyclic) bond motifs is 1. The Bertz CT molecular complexity index is 1480. The molecule has 2 aromatic carbocycles. The van der Waals surface area contributed by atoms with Gasteiger partial charge in [0.2, 0.25) is 10.0 Å². The van der Waals surface area contributed by atoms with Crippen LogP contribution >= 0.6 is 0 Å². The van der Waals surface area contributed by atoms with Crippen LogP contribution in [0.1, 0.15) is 38.3 Å². The highest BCUT2D eigenvalue weighted by Gasteiger charge is 2.27. The lowest BCUT2D eigenvalue weighted by atomic mass is 9.89. The van der Waals surface area contributed by atoms with E-state index in [1.807, 2.05) is 0 Å². The predicted molar refractivity (Wildman–Crippen MR) is 155 cm³/mol. The standard InChI is InChI=1S/C29H37N5O4S/c1-2-34-23(5-4-14-31-27-13-12-24(20-29(27)35)39(30,36)37)19-25-26(6-3-7-28(25)34)32-21-8-10-22(11-9-21)33-15-17-38-18-16-33/h3,6-7,12-13,19-22,31-32,35H,2,8-11,14-18H2,1H3,(H2,30,36,37). The number of sulfonamides is 1. The number of primary sulfonamides is 1. The van der Waals surface area contributed by atoms with E-state index in [0.717, 1.165) is 68.7 Å². The normalized spacial score (nSPS) is 20.4. The average molecular weight is 552 g/mol. The maximum absolute atomic E-state index is 11.5. The minimum atomic E-state index is -3.87. The Kier molecular flexibility index (Phi) is 8.33.